The van der Waals surface area contributed by atoms with E-state index in [-0.39, 0.29) is 6.10 Å². The van der Waals surface area contributed by atoms with Crippen LogP contribution in [-0.4, -0.2) is 17.8 Å². The van der Waals surface area contributed by atoms with Gasteiger partial charge in [0.05, 0.1) is 6.10 Å². The summed E-state index contributed by atoms with van der Waals surface area (Å²) < 4.78 is 0. The molecule has 0 aromatic heterocycles. The highest BCUT2D eigenvalue weighted by atomic mass is 16.3. The van der Waals surface area contributed by atoms with Gasteiger partial charge in [0.25, 0.3) is 0 Å². The fraction of sp³-hybridized carbons (Fsp3) is 0.931. The van der Waals surface area contributed by atoms with E-state index in [2.05, 4.69) is 40.7 Å². The normalized spacial score (nSPS) is 45.6. The third-order valence-corrected chi connectivity index (χ3v) is 10.9. The zero-order valence-electron chi connectivity index (χ0n) is 21.2. The van der Waals surface area contributed by atoms with Crippen molar-refractivity contribution in [3.8, 4) is 0 Å². The Balaban J connectivity index is 1.58. The van der Waals surface area contributed by atoms with Crippen LogP contribution in [0.4, 0.5) is 0 Å². The van der Waals surface area contributed by atoms with Gasteiger partial charge in [0.2, 0.25) is 0 Å². The molecule has 2 nitrogen and oxygen atoms in total. The van der Waals surface area contributed by atoms with E-state index in [9.17, 15) is 5.11 Å². The van der Waals surface area contributed by atoms with Crippen molar-refractivity contribution in [2.24, 2.45) is 58.0 Å². The van der Waals surface area contributed by atoms with E-state index < -0.39 is 0 Å². The van der Waals surface area contributed by atoms with Crippen LogP contribution >= 0.6 is 0 Å². The van der Waals surface area contributed by atoms with Crippen LogP contribution < -0.4 is 5.73 Å². The molecule has 3 fully saturated rings. The van der Waals surface area contributed by atoms with Crippen LogP contribution in [0, 0.1) is 52.3 Å². The lowest BCUT2D eigenvalue weighted by Gasteiger charge is -2.60. The molecule has 0 aliphatic heterocycles. The van der Waals surface area contributed by atoms with Gasteiger partial charge >= 0.3 is 0 Å². The Labute approximate surface area is 192 Å². The van der Waals surface area contributed by atoms with Crippen LogP contribution in [-0.2, 0) is 0 Å². The Hall–Kier alpha value is -0.340. The molecule has 0 amide bonds. The fourth-order valence-corrected chi connectivity index (χ4v) is 9.30. The fourth-order valence-electron chi connectivity index (χ4n) is 9.30. The lowest BCUT2D eigenvalue weighted by molar-refractivity contribution is -0.0765. The van der Waals surface area contributed by atoms with Crippen LogP contribution in [0.1, 0.15) is 105 Å². The first-order valence-corrected chi connectivity index (χ1v) is 13.8. The number of aliphatic hydroxyl groups is 1. The first-order chi connectivity index (χ1) is 14.7. The number of hydrogen-bond acceptors (Lipinski definition) is 2. The molecule has 3 N–H and O–H groups in total. The lowest BCUT2D eigenvalue weighted by Crippen LogP contribution is -2.53. The summed E-state index contributed by atoms with van der Waals surface area (Å²) >= 11 is 0. The van der Waals surface area contributed by atoms with Gasteiger partial charge in [-0.3, -0.25) is 0 Å². The molecule has 178 valence electrons. The Bertz CT molecular complexity index is 655. The molecule has 0 bridgehead atoms. The van der Waals surface area contributed by atoms with Gasteiger partial charge in [-0.15, -0.1) is 0 Å². The second-order valence-corrected chi connectivity index (χ2v) is 13.1. The second-order valence-electron chi connectivity index (χ2n) is 13.1. The highest BCUT2D eigenvalue weighted by molar-refractivity contribution is 5.27. The van der Waals surface area contributed by atoms with Crippen LogP contribution in [0.25, 0.3) is 0 Å². The van der Waals surface area contributed by atoms with Gasteiger partial charge in [0.15, 0.2) is 0 Å². The third-order valence-electron chi connectivity index (χ3n) is 10.9. The summed E-state index contributed by atoms with van der Waals surface area (Å²) in [5, 5.41) is 10.4. The van der Waals surface area contributed by atoms with E-state index in [0.717, 1.165) is 61.3 Å². The highest BCUT2D eigenvalue weighted by Gasteiger charge is 2.60. The maximum absolute atomic E-state index is 10.4. The lowest BCUT2D eigenvalue weighted by atomic mass is 9.44. The van der Waals surface area contributed by atoms with Gasteiger partial charge in [0, 0.05) is 0 Å². The average Bonchev–Trinajstić information content (AvgIpc) is 3.06. The number of allylic oxidation sites excluding steroid dienone is 1. The minimum Gasteiger partial charge on any atom is -0.393 e. The summed E-state index contributed by atoms with van der Waals surface area (Å²) in [5.74, 6) is 5.77. The van der Waals surface area contributed by atoms with Gasteiger partial charge in [0.1, 0.15) is 0 Å². The minimum absolute atomic E-state index is 0.120. The number of rotatable bonds is 7. The van der Waals surface area contributed by atoms with Gasteiger partial charge in [-0.2, -0.15) is 0 Å². The van der Waals surface area contributed by atoms with E-state index in [1.54, 1.807) is 5.57 Å². The average molecular weight is 430 g/mol. The van der Waals surface area contributed by atoms with Crippen molar-refractivity contribution in [2.75, 3.05) is 6.54 Å². The molecule has 31 heavy (non-hydrogen) atoms. The van der Waals surface area contributed by atoms with Crippen molar-refractivity contribution in [3.05, 3.63) is 11.6 Å². The maximum Gasteiger partial charge on any atom is 0.0577 e. The van der Waals surface area contributed by atoms with Gasteiger partial charge in [-0.25, -0.2) is 0 Å². The first kappa shape index (κ1) is 23.8. The zero-order chi connectivity index (χ0) is 22.4. The molecular weight excluding hydrogens is 378 g/mol. The summed E-state index contributed by atoms with van der Waals surface area (Å²) in [7, 11) is 0. The molecule has 0 aromatic rings. The number of hydrogen-bond donors (Lipinski definition) is 2. The topological polar surface area (TPSA) is 46.2 Å². The van der Waals surface area contributed by atoms with Crippen LogP contribution in [0.2, 0.25) is 0 Å². The van der Waals surface area contributed by atoms with E-state index in [1.807, 2.05) is 0 Å². The number of aliphatic hydroxyl groups excluding tert-OH is 1. The van der Waals surface area contributed by atoms with Gasteiger partial charge in [-0.05, 0) is 110 Å². The smallest absolute Gasteiger partial charge is 0.0577 e. The molecule has 0 unspecified atom stereocenters. The molecule has 2 heteroatoms. The van der Waals surface area contributed by atoms with Gasteiger partial charge < -0.3 is 10.8 Å². The van der Waals surface area contributed by atoms with E-state index in [0.29, 0.717) is 16.7 Å². The summed E-state index contributed by atoms with van der Waals surface area (Å²) in [6, 6.07) is 0. The molecule has 4 aliphatic carbocycles. The Morgan fingerprint density at radius 1 is 1.03 bits per heavy atom. The molecular formula is C29H51NO. The van der Waals surface area contributed by atoms with Crippen molar-refractivity contribution in [1.82, 2.24) is 0 Å². The Morgan fingerprint density at radius 3 is 2.52 bits per heavy atom. The molecule has 0 radical (unpaired) electrons. The molecule has 4 rings (SSSR count). The largest absolute Gasteiger partial charge is 0.393 e. The van der Waals surface area contributed by atoms with E-state index >= 15 is 0 Å². The van der Waals surface area contributed by atoms with Crippen molar-refractivity contribution in [1.29, 1.82) is 0 Å². The zero-order valence-corrected chi connectivity index (χ0v) is 21.2. The summed E-state index contributed by atoms with van der Waals surface area (Å²) in [4.78, 5) is 0. The molecule has 0 heterocycles. The summed E-state index contributed by atoms with van der Waals surface area (Å²) in [5.41, 5.74) is 8.60. The van der Waals surface area contributed by atoms with Crippen molar-refractivity contribution >= 4 is 0 Å². The van der Waals surface area contributed by atoms with Crippen LogP contribution in [0.5, 0.6) is 0 Å². The number of fused-ring (bicyclic) bond motifs is 5. The second kappa shape index (κ2) is 9.13. The molecule has 9 atom stereocenters. The predicted octanol–water partition coefficient (Wildman–Crippen LogP) is 6.96. The first-order valence-electron chi connectivity index (χ1n) is 13.8. The van der Waals surface area contributed by atoms with Crippen molar-refractivity contribution in [3.63, 3.8) is 0 Å². The molecule has 0 aromatic carbocycles. The third kappa shape index (κ3) is 4.18. The van der Waals surface area contributed by atoms with Crippen LogP contribution in [0.15, 0.2) is 11.6 Å². The van der Waals surface area contributed by atoms with Gasteiger partial charge in [-0.1, -0.05) is 65.5 Å². The Morgan fingerprint density at radius 2 is 1.81 bits per heavy atom. The molecule has 0 spiro atoms. The standard InChI is InChI=1S/C29H51NO/c1-19(2)7-6-8-20(3)24-9-10-25-27-21(13-16-30)17-22-18-23(31)11-14-28(22,4)26(27)12-15-29(24,25)5/h17,19-21,23-27,31H,6-16,18,30H2,1-5H3/t20-,21+,23+,24-,25+,26+,27+,28+,29-/m1/s1. The molecule has 0 saturated heterocycles. The Kier molecular flexibility index (Phi) is 7.01. The van der Waals surface area contributed by atoms with E-state index in [4.69, 9.17) is 5.73 Å². The SMILES string of the molecule is CC(C)CCC[C@@H](C)[C@H]1CC[C@H]2[C@@H]3[C@@H](CCN)C=C4C[C@@H](O)CC[C@]4(C)[C@H]3CC[C@]12C. The minimum atomic E-state index is -0.120. The predicted molar refractivity (Wildman–Crippen MR) is 132 cm³/mol. The maximum atomic E-state index is 10.4. The summed E-state index contributed by atoms with van der Waals surface area (Å²) in [6.45, 7) is 13.4. The number of nitrogens with two attached hydrogens (primary N) is 1. The molecule has 4 aliphatic rings. The quantitative estimate of drug-likeness (QED) is 0.429. The summed E-state index contributed by atoms with van der Waals surface area (Å²) in [6.07, 6.45) is 16.7. The van der Waals surface area contributed by atoms with Crippen LogP contribution in [0.3, 0.4) is 0 Å². The van der Waals surface area contributed by atoms with Crippen molar-refractivity contribution in [2.45, 2.75) is 111 Å². The van der Waals surface area contributed by atoms with Crippen molar-refractivity contribution < 1.29 is 5.11 Å². The van der Waals surface area contributed by atoms with E-state index in [1.165, 1.54) is 51.4 Å². The molecule has 3 saturated carbocycles. The monoisotopic (exact) mass is 429 g/mol. The highest BCUT2D eigenvalue weighted by Crippen LogP contribution is 2.68.